The second kappa shape index (κ2) is 7.93. The van der Waals surface area contributed by atoms with Crippen molar-refractivity contribution < 1.29 is 23.9 Å². The third kappa shape index (κ3) is 3.18. The average Bonchev–Trinajstić information content (AvgIpc) is 3.26. The fourth-order valence-electron chi connectivity index (χ4n) is 4.65. The molecule has 8 heteroatoms. The Labute approximate surface area is 165 Å². The first-order valence-electron chi connectivity index (χ1n) is 9.99. The molecule has 0 bridgehead atoms. The normalized spacial score (nSPS) is 24.0. The summed E-state index contributed by atoms with van der Waals surface area (Å²) in [6.45, 7) is 6.52. The van der Waals surface area contributed by atoms with Gasteiger partial charge in [0, 0.05) is 26.2 Å². The molecule has 2 heterocycles. The van der Waals surface area contributed by atoms with Gasteiger partial charge in [0.25, 0.3) is 6.47 Å². The van der Waals surface area contributed by atoms with Crippen molar-refractivity contribution in [3.63, 3.8) is 0 Å². The molecule has 0 N–H and O–H groups in total. The van der Waals surface area contributed by atoms with Crippen LogP contribution in [0.2, 0.25) is 0 Å². The van der Waals surface area contributed by atoms with Gasteiger partial charge in [0.2, 0.25) is 17.7 Å². The number of carbonyl (C=O) groups excluding carboxylic acids is 4. The quantitative estimate of drug-likeness (QED) is 0.520. The standard InChI is InChI=1S/C18H25N3O3.C2H4O2/c1-2-14(22)20-12-13-21(16(24)18(20)8-9-18)17(6-5-7-17)15(23)19-10-3-4-11-19;1-4-2-3/h2H,1,3-13H2;2H,1H3. The van der Waals surface area contributed by atoms with E-state index in [1.807, 2.05) is 9.80 Å². The molecule has 28 heavy (non-hydrogen) atoms. The summed E-state index contributed by atoms with van der Waals surface area (Å²) in [5.41, 5.74) is -1.34. The van der Waals surface area contributed by atoms with E-state index in [1.165, 1.54) is 13.2 Å². The first-order valence-corrected chi connectivity index (χ1v) is 9.99. The molecular formula is C20H29N3O5. The Morgan fingerprint density at radius 1 is 1.04 bits per heavy atom. The summed E-state index contributed by atoms with van der Waals surface area (Å²) in [6, 6.07) is 0. The highest BCUT2D eigenvalue weighted by Crippen LogP contribution is 2.50. The first-order chi connectivity index (χ1) is 13.5. The lowest BCUT2D eigenvalue weighted by molar-refractivity contribution is -0.171. The summed E-state index contributed by atoms with van der Waals surface area (Å²) in [5, 5.41) is 0. The van der Waals surface area contributed by atoms with Crippen molar-refractivity contribution in [2.45, 2.75) is 56.0 Å². The molecule has 0 radical (unpaired) electrons. The van der Waals surface area contributed by atoms with Crippen LogP contribution in [0.3, 0.4) is 0 Å². The van der Waals surface area contributed by atoms with E-state index >= 15 is 0 Å². The smallest absolute Gasteiger partial charge is 0.292 e. The monoisotopic (exact) mass is 391 g/mol. The maximum absolute atomic E-state index is 13.2. The minimum Gasteiger partial charge on any atom is -0.471 e. The zero-order valence-corrected chi connectivity index (χ0v) is 16.5. The van der Waals surface area contributed by atoms with Gasteiger partial charge in [-0.15, -0.1) is 0 Å². The van der Waals surface area contributed by atoms with Gasteiger partial charge in [-0.2, -0.15) is 0 Å². The molecule has 4 fully saturated rings. The Bertz CT molecular complexity index is 663. The molecule has 4 aliphatic rings. The number of amides is 3. The zero-order chi connectivity index (χ0) is 20.4. The van der Waals surface area contributed by atoms with Gasteiger partial charge in [0.05, 0.1) is 7.11 Å². The molecule has 3 amide bonds. The number of likely N-dealkylation sites (tertiary alicyclic amines) is 1. The van der Waals surface area contributed by atoms with E-state index in [0.29, 0.717) is 32.4 Å². The Morgan fingerprint density at radius 3 is 2.07 bits per heavy atom. The first kappa shape index (κ1) is 20.4. The summed E-state index contributed by atoms with van der Waals surface area (Å²) in [4.78, 5) is 52.9. The van der Waals surface area contributed by atoms with Crippen LogP contribution < -0.4 is 0 Å². The van der Waals surface area contributed by atoms with Crippen LogP contribution in [0.1, 0.15) is 44.9 Å². The number of nitrogens with zero attached hydrogens (tertiary/aromatic N) is 3. The van der Waals surface area contributed by atoms with Crippen molar-refractivity contribution >= 4 is 24.2 Å². The van der Waals surface area contributed by atoms with Crippen molar-refractivity contribution in [2.75, 3.05) is 33.3 Å². The summed E-state index contributed by atoms with van der Waals surface area (Å²) in [7, 11) is 1.31. The maximum Gasteiger partial charge on any atom is 0.292 e. The fourth-order valence-corrected chi connectivity index (χ4v) is 4.65. The van der Waals surface area contributed by atoms with E-state index in [2.05, 4.69) is 11.3 Å². The molecule has 0 unspecified atom stereocenters. The highest BCUT2D eigenvalue weighted by atomic mass is 16.5. The van der Waals surface area contributed by atoms with Crippen LogP contribution in [0.15, 0.2) is 12.7 Å². The predicted molar refractivity (Wildman–Crippen MR) is 101 cm³/mol. The third-order valence-corrected chi connectivity index (χ3v) is 6.46. The summed E-state index contributed by atoms with van der Waals surface area (Å²) in [5.74, 6) is -0.0517. The minimum absolute atomic E-state index is 0.0174. The summed E-state index contributed by atoms with van der Waals surface area (Å²) in [6.07, 6.45) is 7.33. The van der Waals surface area contributed by atoms with Crippen molar-refractivity contribution in [2.24, 2.45) is 0 Å². The van der Waals surface area contributed by atoms with Crippen molar-refractivity contribution in [3.05, 3.63) is 12.7 Å². The lowest BCUT2D eigenvalue weighted by Gasteiger charge is -2.54. The van der Waals surface area contributed by atoms with E-state index < -0.39 is 11.1 Å². The van der Waals surface area contributed by atoms with E-state index in [1.54, 1.807) is 4.90 Å². The van der Waals surface area contributed by atoms with Gasteiger partial charge in [0.15, 0.2) is 0 Å². The molecule has 2 aliphatic heterocycles. The van der Waals surface area contributed by atoms with Crippen LogP contribution >= 0.6 is 0 Å². The highest BCUT2D eigenvalue weighted by Gasteiger charge is 2.64. The van der Waals surface area contributed by atoms with E-state index in [9.17, 15) is 14.4 Å². The molecule has 2 aliphatic carbocycles. The average molecular weight is 391 g/mol. The van der Waals surface area contributed by atoms with Crippen LogP contribution in [0.5, 0.6) is 0 Å². The van der Waals surface area contributed by atoms with E-state index in [-0.39, 0.29) is 17.7 Å². The van der Waals surface area contributed by atoms with Crippen LogP contribution in [0.4, 0.5) is 0 Å². The topological polar surface area (TPSA) is 87.2 Å². The minimum atomic E-state index is -0.697. The van der Waals surface area contributed by atoms with E-state index in [4.69, 9.17) is 4.79 Å². The predicted octanol–water partition coefficient (Wildman–Crippen LogP) is 0.710. The molecule has 8 nitrogen and oxygen atoms in total. The molecule has 0 aromatic rings. The van der Waals surface area contributed by atoms with Crippen molar-refractivity contribution in [1.82, 2.24) is 14.7 Å². The molecule has 0 aromatic carbocycles. The Hall–Kier alpha value is -2.38. The number of hydrogen-bond donors (Lipinski definition) is 0. The number of hydrogen-bond acceptors (Lipinski definition) is 5. The molecule has 2 saturated carbocycles. The molecule has 2 saturated heterocycles. The number of carbonyl (C=O) groups is 4. The zero-order valence-electron chi connectivity index (χ0n) is 16.5. The Kier molecular flexibility index (Phi) is 5.76. The van der Waals surface area contributed by atoms with Gasteiger partial charge < -0.3 is 19.4 Å². The van der Waals surface area contributed by atoms with Crippen molar-refractivity contribution in [1.29, 1.82) is 0 Å². The van der Waals surface area contributed by atoms with Crippen LogP contribution in [0.25, 0.3) is 0 Å². The molecule has 1 spiro atoms. The second-order valence-electron chi connectivity index (χ2n) is 7.90. The summed E-state index contributed by atoms with van der Waals surface area (Å²) < 4.78 is 3.86. The second-order valence-corrected chi connectivity index (χ2v) is 7.90. The molecule has 154 valence electrons. The Balaban J connectivity index is 0.000000516. The summed E-state index contributed by atoms with van der Waals surface area (Å²) >= 11 is 0. The molecular weight excluding hydrogens is 362 g/mol. The largest absolute Gasteiger partial charge is 0.471 e. The molecule has 0 aromatic heterocycles. The highest BCUT2D eigenvalue weighted by molar-refractivity contribution is 6.01. The molecule has 0 atom stereocenters. The number of piperazine rings is 1. The van der Waals surface area contributed by atoms with Crippen LogP contribution in [-0.4, -0.2) is 83.3 Å². The van der Waals surface area contributed by atoms with Gasteiger partial charge in [-0.3, -0.25) is 19.2 Å². The van der Waals surface area contributed by atoms with Gasteiger partial charge in [-0.05, 0) is 51.0 Å². The number of ether oxygens (including phenoxy) is 1. The van der Waals surface area contributed by atoms with Gasteiger partial charge in [0.1, 0.15) is 11.1 Å². The van der Waals surface area contributed by atoms with E-state index in [0.717, 1.165) is 45.2 Å². The van der Waals surface area contributed by atoms with Gasteiger partial charge in [-0.25, -0.2) is 0 Å². The van der Waals surface area contributed by atoms with Gasteiger partial charge >= 0.3 is 0 Å². The Morgan fingerprint density at radius 2 is 1.64 bits per heavy atom. The van der Waals surface area contributed by atoms with Gasteiger partial charge in [-0.1, -0.05) is 6.58 Å². The lowest BCUT2D eigenvalue weighted by Crippen LogP contribution is -2.72. The SMILES string of the molecule is C=CC(=O)N1CCN(C2(C(=O)N3CCCC3)CCC2)C(=O)C12CC2.COC=O. The van der Waals surface area contributed by atoms with Crippen LogP contribution in [-0.2, 0) is 23.9 Å². The fraction of sp³-hybridized carbons (Fsp3) is 0.700. The third-order valence-electron chi connectivity index (χ3n) is 6.46. The van der Waals surface area contributed by atoms with Crippen molar-refractivity contribution in [3.8, 4) is 0 Å². The molecule has 4 rings (SSSR count). The number of methoxy groups -OCH3 is 1. The lowest BCUT2D eigenvalue weighted by atomic mass is 9.73. The number of rotatable bonds is 4. The van der Waals surface area contributed by atoms with Crippen LogP contribution in [0, 0.1) is 0 Å². The maximum atomic E-state index is 13.2.